The van der Waals surface area contributed by atoms with Crippen molar-refractivity contribution in [2.75, 3.05) is 20.6 Å². The SMILES string of the molecule is Cc1sc2ncn(CC(=O)NCC(c3c(F)cccc3Cl)N(C)C)c(=O)c2c1C. The average Bonchev–Trinajstić information content (AvgIpc) is 2.94. The van der Waals surface area contributed by atoms with Gasteiger partial charge in [-0.2, -0.15) is 0 Å². The Balaban J connectivity index is 1.77. The van der Waals surface area contributed by atoms with Gasteiger partial charge < -0.3 is 10.2 Å². The molecule has 154 valence electrons. The van der Waals surface area contributed by atoms with Crippen LogP contribution in [0.5, 0.6) is 0 Å². The van der Waals surface area contributed by atoms with Gasteiger partial charge in [0.25, 0.3) is 5.56 Å². The molecular formula is C20H22ClFN4O2S. The topological polar surface area (TPSA) is 67.2 Å². The zero-order chi connectivity index (χ0) is 21.3. The highest BCUT2D eigenvalue weighted by Gasteiger charge is 2.22. The molecule has 3 rings (SSSR count). The van der Waals surface area contributed by atoms with Crippen LogP contribution >= 0.6 is 22.9 Å². The second-order valence-electron chi connectivity index (χ2n) is 7.06. The maximum Gasteiger partial charge on any atom is 0.262 e. The van der Waals surface area contributed by atoms with Crippen molar-refractivity contribution in [1.29, 1.82) is 0 Å². The third-order valence-corrected chi connectivity index (χ3v) is 6.36. The lowest BCUT2D eigenvalue weighted by molar-refractivity contribution is -0.121. The van der Waals surface area contributed by atoms with Crippen molar-refractivity contribution in [2.45, 2.75) is 26.4 Å². The lowest BCUT2D eigenvalue weighted by Gasteiger charge is -2.26. The summed E-state index contributed by atoms with van der Waals surface area (Å²) < 4.78 is 15.6. The van der Waals surface area contributed by atoms with Gasteiger partial charge in [0.05, 0.1) is 17.8 Å². The molecule has 0 spiro atoms. The number of likely N-dealkylation sites (N-methyl/N-ethyl adjacent to an activating group) is 1. The van der Waals surface area contributed by atoms with E-state index in [1.165, 1.54) is 34.4 Å². The summed E-state index contributed by atoms with van der Waals surface area (Å²) in [5.41, 5.74) is 0.969. The number of thiophene rings is 1. The molecule has 9 heteroatoms. The van der Waals surface area contributed by atoms with E-state index in [4.69, 9.17) is 11.6 Å². The van der Waals surface area contributed by atoms with Gasteiger partial charge in [0, 0.05) is 22.0 Å². The Hall–Kier alpha value is -2.29. The van der Waals surface area contributed by atoms with Crippen LogP contribution in [0.25, 0.3) is 10.2 Å². The van der Waals surface area contributed by atoms with Gasteiger partial charge in [-0.15, -0.1) is 11.3 Å². The molecule has 1 unspecified atom stereocenters. The molecule has 29 heavy (non-hydrogen) atoms. The first-order chi connectivity index (χ1) is 13.7. The molecule has 0 aliphatic carbocycles. The lowest BCUT2D eigenvalue weighted by atomic mass is 10.1. The zero-order valence-electron chi connectivity index (χ0n) is 16.6. The molecule has 1 N–H and O–H groups in total. The number of hydrogen-bond donors (Lipinski definition) is 1. The smallest absolute Gasteiger partial charge is 0.262 e. The highest BCUT2D eigenvalue weighted by atomic mass is 35.5. The first kappa shape index (κ1) is 21.4. The molecule has 1 atom stereocenters. The lowest BCUT2D eigenvalue weighted by Crippen LogP contribution is -2.38. The second-order valence-corrected chi connectivity index (χ2v) is 8.67. The van der Waals surface area contributed by atoms with Crippen molar-refractivity contribution in [3.05, 3.63) is 61.7 Å². The number of aryl methyl sites for hydroxylation is 2. The van der Waals surface area contributed by atoms with Gasteiger partial charge in [-0.25, -0.2) is 9.37 Å². The minimum atomic E-state index is -0.452. The Morgan fingerprint density at radius 1 is 1.38 bits per heavy atom. The van der Waals surface area contributed by atoms with Crippen molar-refractivity contribution < 1.29 is 9.18 Å². The fourth-order valence-corrected chi connectivity index (χ4v) is 4.45. The summed E-state index contributed by atoms with van der Waals surface area (Å²) >= 11 is 7.63. The molecule has 0 saturated carbocycles. The maximum absolute atomic E-state index is 14.3. The van der Waals surface area contributed by atoms with Crippen LogP contribution in [-0.4, -0.2) is 41.0 Å². The van der Waals surface area contributed by atoms with Gasteiger partial charge in [-0.05, 0) is 45.6 Å². The van der Waals surface area contributed by atoms with E-state index in [9.17, 15) is 14.0 Å². The Labute approximate surface area is 176 Å². The van der Waals surface area contributed by atoms with Crippen LogP contribution in [0.1, 0.15) is 22.0 Å². The molecule has 0 aliphatic heterocycles. The number of hydrogen-bond acceptors (Lipinski definition) is 5. The number of aromatic nitrogens is 2. The molecule has 0 bridgehead atoms. The van der Waals surface area contributed by atoms with Crippen molar-refractivity contribution in [1.82, 2.24) is 19.8 Å². The Kier molecular flexibility index (Phi) is 6.36. The fraction of sp³-hybridized carbons (Fsp3) is 0.350. The summed E-state index contributed by atoms with van der Waals surface area (Å²) in [7, 11) is 3.56. The molecule has 1 aromatic carbocycles. The largest absolute Gasteiger partial charge is 0.353 e. The number of fused-ring (bicyclic) bond motifs is 1. The van der Waals surface area contributed by atoms with E-state index < -0.39 is 11.9 Å². The third-order valence-electron chi connectivity index (χ3n) is 4.92. The van der Waals surface area contributed by atoms with Crippen LogP contribution in [-0.2, 0) is 11.3 Å². The molecule has 0 radical (unpaired) electrons. The minimum Gasteiger partial charge on any atom is -0.353 e. The number of halogens is 2. The van der Waals surface area contributed by atoms with E-state index in [-0.39, 0.29) is 24.6 Å². The monoisotopic (exact) mass is 436 g/mol. The summed E-state index contributed by atoms with van der Waals surface area (Å²) in [6.07, 6.45) is 1.39. The van der Waals surface area contributed by atoms with Gasteiger partial charge in [-0.3, -0.25) is 14.2 Å². The number of carbonyl (C=O) groups is 1. The average molecular weight is 437 g/mol. The van der Waals surface area contributed by atoms with Crippen molar-refractivity contribution in [2.24, 2.45) is 0 Å². The second kappa shape index (κ2) is 8.61. The number of amides is 1. The van der Waals surface area contributed by atoms with E-state index in [0.717, 1.165) is 10.4 Å². The predicted octanol–water partition coefficient (Wildman–Crippen LogP) is 3.29. The van der Waals surface area contributed by atoms with Gasteiger partial charge >= 0.3 is 0 Å². The number of carbonyl (C=O) groups excluding carboxylic acids is 1. The first-order valence-corrected chi connectivity index (χ1v) is 10.2. The molecule has 0 fully saturated rings. The van der Waals surface area contributed by atoms with Crippen LogP contribution < -0.4 is 10.9 Å². The van der Waals surface area contributed by atoms with Gasteiger partial charge in [-0.1, -0.05) is 17.7 Å². The van der Waals surface area contributed by atoms with Crippen molar-refractivity contribution in [3.8, 4) is 0 Å². The molecule has 2 heterocycles. The van der Waals surface area contributed by atoms with E-state index >= 15 is 0 Å². The first-order valence-electron chi connectivity index (χ1n) is 9.02. The van der Waals surface area contributed by atoms with Crippen LogP contribution in [0.4, 0.5) is 4.39 Å². The number of benzene rings is 1. The van der Waals surface area contributed by atoms with E-state index in [1.54, 1.807) is 25.1 Å². The van der Waals surface area contributed by atoms with Crippen molar-refractivity contribution >= 4 is 39.1 Å². The summed E-state index contributed by atoms with van der Waals surface area (Å²) in [6, 6.07) is 4.04. The molecule has 3 aromatic rings. The molecule has 6 nitrogen and oxygen atoms in total. The van der Waals surface area contributed by atoms with E-state index in [0.29, 0.717) is 20.8 Å². The van der Waals surface area contributed by atoms with E-state index in [1.807, 2.05) is 13.8 Å². The van der Waals surface area contributed by atoms with E-state index in [2.05, 4.69) is 10.3 Å². The number of nitrogens with zero attached hydrogens (tertiary/aromatic N) is 3. The van der Waals surface area contributed by atoms with Gasteiger partial charge in [0.2, 0.25) is 5.91 Å². The summed E-state index contributed by atoms with van der Waals surface area (Å²) in [5.74, 6) is -0.795. The quantitative estimate of drug-likeness (QED) is 0.644. The Morgan fingerprint density at radius 3 is 2.76 bits per heavy atom. The standard InChI is InChI=1S/C20H22ClFN4O2S/c1-11-12(2)29-19-17(11)20(28)26(10-24-19)9-16(27)23-8-15(25(3)4)18-13(21)6-5-7-14(18)22/h5-7,10,15H,8-9H2,1-4H3,(H,23,27). The number of nitrogens with one attached hydrogen (secondary N) is 1. The highest BCUT2D eigenvalue weighted by molar-refractivity contribution is 7.18. The predicted molar refractivity (Wildman–Crippen MR) is 114 cm³/mol. The normalized spacial score (nSPS) is 12.5. The number of rotatable bonds is 6. The van der Waals surface area contributed by atoms with Gasteiger partial charge in [0.15, 0.2) is 0 Å². The molecule has 0 aliphatic rings. The Morgan fingerprint density at radius 2 is 2.10 bits per heavy atom. The third kappa shape index (κ3) is 4.34. The zero-order valence-corrected chi connectivity index (χ0v) is 18.2. The van der Waals surface area contributed by atoms with Crippen molar-refractivity contribution in [3.63, 3.8) is 0 Å². The minimum absolute atomic E-state index is 0.146. The van der Waals surface area contributed by atoms with Crippen LogP contribution in [0.15, 0.2) is 29.3 Å². The fourth-order valence-electron chi connectivity index (χ4n) is 3.18. The van der Waals surface area contributed by atoms with Crippen LogP contribution in [0, 0.1) is 19.7 Å². The maximum atomic E-state index is 14.3. The highest BCUT2D eigenvalue weighted by Crippen LogP contribution is 2.28. The summed E-state index contributed by atoms with van der Waals surface area (Å²) in [4.78, 5) is 33.0. The summed E-state index contributed by atoms with van der Waals surface area (Å²) in [6.45, 7) is 3.80. The Bertz CT molecular complexity index is 1110. The molecular weight excluding hydrogens is 415 g/mol. The molecule has 0 saturated heterocycles. The molecule has 2 aromatic heterocycles. The molecule has 1 amide bonds. The van der Waals surface area contributed by atoms with Crippen LogP contribution in [0.3, 0.4) is 0 Å². The van der Waals surface area contributed by atoms with Crippen LogP contribution in [0.2, 0.25) is 5.02 Å². The summed E-state index contributed by atoms with van der Waals surface area (Å²) in [5, 5.41) is 3.62. The van der Waals surface area contributed by atoms with Gasteiger partial charge in [0.1, 0.15) is 17.2 Å².